The van der Waals surface area contributed by atoms with Crippen molar-refractivity contribution in [3.63, 3.8) is 0 Å². The van der Waals surface area contributed by atoms with Crippen molar-refractivity contribution in [1.29, 1.82) is 0 Å². The van der Waals surface area contributed by atoms with E-state index < -0.39 is 0 Å². The van der Waals surface area contributed by atoms with Crippen LogP contribution in [0.3, 0.4) is 0 Å². The van der Waals surface area contributed by atoms with E-state index in [-0.39, 0.29) is 0 Å². The van der Waals surface area contributed by atoms with Gasteiger partial charge >= 0.3 is 0 Å². The lowest BCUT2D eigenvalue weighted by atomic mass is 10.1. The molecular weight excluding hydrogens is 282 g/mol. The van der Waals surface area contributed by atoms with E-state index in [9.17, 15) is 0 Å². The van der Waals surface area contributed by atoms with Crippen LogP contribution < -0.4 is 11.3 Å². The Bertz CT molecular complexity index is 605. The highest BCUT2D eigenvalue weighted by atomic mass is 32.1. The van der Waals surface area contributed by atoms with Crippen molar-refractivity contribution in [2.45, 2.75) is 45.7 Å². The van der Waals surface area contributed by atoms with Crippen LogP contribution in [0, 0.1) is 5.92 Å². The van der Waals surface area contributed by atoms with E-state index in [1.54, 1.807) is 11.3 Å². The highest BCUT2D eigenvalue weighted by Crippen LogP contribution is 2.30. The third-order valence-corrected chi connectivity index (χ3v) is 4.72. The first-order chi connectivity index (χ1) is 10.2. The number of aromatic nitrogens is 2. The van der Waals surface area contributed by atoms with Crippen molar-refractivity contribution in [3.05, 3.63) is 17.3 Å². The van der Waals surface area contributed by atoms with Gasteiger partial charge in [0.25, 0.3) is 0 Å². The van der Waals surface area contributed by atoms with Crippen LogP contribution in [-0.4, -0.2) is 27.5 Å². The largest absolute Gasteiger partial charge is 0.308 e. The van der Waals surface area contributed by atoms with Crippen LogP contribution >= 0.6 is 11.3 Å². The molecule has 0 unspecified atom stereocenters. The van der Waals surface area contributed by atoms with Gasteiger partial charge < -0.3 is 5.43 Å². The van der Waals surface area contributed by atoms with Gasteiger partial charge in [-0.3, -0.25) is 4.90 Å². The molecule has 1 aliphatic rings. The second kappa shape index (κ2) is 6.25. The Balaban J connectivity index is 1.78. The zero-order valence-corrected chi connectivity index (χ0v) is 13.5. The Hall–Kier alpha value is -1.24. The molecule has 6 heteroatoms. The average molecular weight is 305 g/mol. The zero-order chi connectivity index (χ0) is 14.8. The monoisotopic (exact) mass is 305 g/mol. The first kappa shape index (κ1) is 14.7. The van der Waals surface area contributed by atoms with Crippen LogP contribution in [0.2, 0.25) is 0 Å². The Morgan fingerprint density at radius 2 is 2.24 bits per heavy atom. The Kier molecular flexibility index (Phi) is 4.37. The first-order valence-electron chi connectivity index (χ1n) is 7.62. The maximum Gasteiger partial charge on any atom is 0.152 e. The average Bonchev–Trinajstić information content (AvgIpc) is 3.20. The lowest BCUT2D eigenvalue weighted by molar-refractivity contribution is 0.234. The van der Waals surface area contributed by atoms with Crippen LogP contribution in [0.4, 0.5) is 5.82 Å². The van der Waals surface area contributed by atoms with Crippen LogP contribution in [0.5, 0.6) is 0 Å². The van der Waals surface area contributed by atoms with E-state index in [2.05, 4.69) is 29.2 Å². The normalized spacial score (nSPS) is 15.3. The molecule has 1 saturated carbocycles. The van der Waals surface area contributed by atoms with Crippen LogP contribution in [-0.2, 0) is 6.54 Å². The van der Waals surface area contributed by atoms with E-state index in [0.29, 0.717) is 0 Å². The van der Waals surface area contributed by atoms with Crippen LogP contribution in [0.1, 0.15) is 38.9 Å². The van der Waals surface area contributed by atoms with E-state index in [4.69, 9.17) is 10.8 Å². The molecule has 5 nitrogen and oxygen atoms in total. The second-order valence-corrected chi connectivity index (χ2v) is 7.05. The molecule has 3 rings (SSSR count). The molecule has 3 N–H and O–H groups in total. The van der Waals surface area contributed by atoms with Crippen molar-refractivity contribution in [1.82, 2.24) is 14.9 Å². The molecule has 1 aliphatic carbocycles. The lowest BCUT2D eigenvalue weighted by Crippen LogP contribution is -2.28. The summed E-state index contributed by atoms with van der Waals surface area (Å²) in [6.45, 7) is 6.49. The third kappa shape index (κ3) is 3.51. The van der Waals surface area contributed by atoms with Gasteiger partial charge in [-0.15, -0.1) is 11.3 Å². The summed E-state index contributed by atoms with van der Waals surface area (Å²) in [5.74, 6) is 7.93. The van der Waals surface area contributed by atoms with Gasteiger partial charge in [-0.05, 0) is 43.2 Å². The summed E-state index contributed by atoms with van der Waals surface area (Å²) in [7, 11) is 0. The zero-order valence-electron chi connectivity index (χ0n) is 12.7. The predicted octanol–water partition coefficient (Wildman–Crippen LogP) is 2.99. The van der Waals surface area contributed by atoms with Crippen molar-refractivity contribution in [3.8, 4) is 0 Å². The molecule has 0 atom stereocenters. The fraction of sp³-hybridized carbons (Fsp3) is 0.600. The summed E-state index contributed by atoms with van der Waals surface area (Å²) in [6, 6.07) is 2.73. The van der Waals surface area contributed by atoms with Crippen molar-refractivity contribution in [2.75, 3.05) is 12.0 Å². The minimum absolute atomic E-state index is 0.723. The number of nitrogens with zero attached hydrogens (tertiary/aromatic N) is 3. The number of hydrogen-bond acceptors (Lipinski definition) is 6. The van der Waals surface area contributed by atoms with E-state index in [1.165, 1.54) is 19.3 Å². The number of rotatable bonds is 7. The molecule has 0 aromatic carbocycles. The van der Waals surface area contributed by atoms with Crippen molar-refractivity contribution < 1.29 is 0 Å². The van der Waals surface area contributed by atoms with E-state index >= 15 is 0 Å². The minimum Gasteiger partial charge on any atom is -0.308 e. The minimum atomic E-state index is 0.723. The summed E-state index contributed by atoms with van der Waals surface area (Å²) in [6.07, 6.45) is 3.84. The molecule has 0 amide bonds. The van der Waals surface area contributed by atoms with Gasteiger partial charge in [0.1, 0.15) is 10.7 Å². The Morgan fingerprint density at radius 3 is 2.90 bits per heavy atom. The number of fused-ring (bicyclic) bond motifs is 1. The van der Waals surface area contributed by atoms with Crippen molar-refractivity contribution >= 4 is 27.4 Å². The van der Waals surface area contributed by atoms with Gasteiger partial charge in [-0.25, -0.2) is 15.8 Å². The molecule has 0 aliphatic heterocycles. The fourth-order valence-electron chi connectivity index (χ4n) is 2.52. The number of nitrogens with one attached hydrogen (secondary N) is 1. The lowest BCUT2D eigenvalue weighted by Gasteiger charge is -2.22. The number of hydrazine groups is 1. The molecule has 2 heterocycles. The molecule has 1 fully saturated rings. The molecule has 0 spiro atoms. The van der Waals surface area contributed by atoms with Gasteiger partial charge in [0.2, 0.25) is 0 Å². The van der Waals surface area contributed by atoms with Gasteiger partial charge in [-0.1, -0.05) is 13.8 Å². The van der Waals surface area contributed by atoms with Crippen LogP contribution in [0.15, 0.2) is 11.4 Å². The number of hydrogen-bond donors (Lipinski definition) is 2. The number of thiophene rings is 1. The fourth-order valence-corrected chi connectivity index (χ4v) is 3.30. The third-order valence-electron chi connectivity index (χ3n) is 3.91. The molecule has 0 radical (unpaired) electrons. The Labute approximate surface area is 129 Å². The standard InChI is InChI=1S/C15H23N5S/c1-10(2)5-7-20(11-3-4-11)9-13-17-14(19-16)12-6-8-21-15(12)18-13/h6,8,10-11H,3-5,7,9,16H2,1-2H3,(H,17,18,19). The van der Waals surface area contributed by atoms with Gasteiger partial charge in [0.15, 0.2) is 5.82 Å². The molecular formula is C15H23N5S. The summed E-state index contributed by atoms with van der Waals surface area (Å²) in [5.41, 5.74) is 2.70. The number of anilines is 1. The van der Waals surface area contributed by atoms with Gasteiger partial charge in [0, 0.05) is 6.04 Å². The topological polar surface area (TPSA) is 67.1 Å². The molecule has 2 aromatic rings. The molecule has 0 bridgehead atoms. The highest BCUT2D eigenvalue weighted by molar-refractivity contribution is 7.16. The summed E-state index contributed by atoms with van der Waals surface area (Å²) >= 11 is 1.64. The molecule has 2 aromatic heterocycles. The maximum absolute atomic E-state index is 5.60. The Morgan fingerprint density at radius 1 is 1.43 bits per heavy atom. The summed E-state index contributed by atoms with van der Waals surface area (Å²) < 4.78 is 0. The number of nitrogens with two attached hydrogens (primary N) is 1. The predicted molar refractivity (Wildman–Crippen MR) is 88.1 cm³/mol. The van der Waals surface area contributed by atoms with Gasteiger partial charge in [0.05, 0.1) is 11.9 Å². The van der Waals surface area contributed by atoms with Crippen molar-refractivity contribution in [2.24, 2.45) is 11.8 Å². The molecule has 0 saturated heterocycles. The summed E-state index contributed by atoms with van der Waals surface area (Å²) in [5, 5.41) is 3.04. The van der Waals surface area contributed by atoms with Crippen LogP contribution in [0.25, 0.3) is 10.2 Å². The SMILES string of the molecule is CC(C)CCN(Cc1nc(NN)c2ccsc2n1)C1CC1. The molecule has 114 valence electrons. The molecule has 21 heavy (non-hydrogen) atoms. The highest BCUT2D eigenvalue weighted by Gasteiger charge is 2.29. The van der Waals surface area contributed by atoms with E-state index in [0.717, 1.165) is 46.9 Å². The quantitative estimate of drug-likeness (QED) is 0.608. The maximum atomic E-state index is 5.60. The second-order valence-electron chi connectivity index (χ2n) is 6.16. The number of nitrogen functional groups attached to an aromatic ring is 1. The smallest absolute Gasteiger partial charge is 0.152 e. The van der Waals surface area contributed by atoms with E-state index in [1.807, 2.05) is 11.4 Å². The van der Waals surface area contributed by atoms with Gasteiger partial charge in [-0.2, -0.15) is 0 Å². The summed E-state index contributed by atoms with van der Waals surface area (Å²) in [4.78, 5) is 12.8. The first-order valence-corrected chi connectivity index (χ1v) is 8.50.